The van der Waals surface area contributed by atoms with Gasteiger partial charge in [-0.1, -0.05) is 12.8 Å². The van der Waals surface area contributed by atoms with Crippen molar-refractivity contribution in [1.29, 1.82) is 0 Å². The quantitative estimate of drug-likeness (QED) is 0.862. The van der Waals surface area contributed by atoms with Crippen molar-refractivity contribution < 1.29 is 14.7 Å². The monoisotopic (exact) mass is 390 g/mol. The maximum absolute atomic E-state index is 13.2. The van der Waals surface area contributed by atoms with Crippen molar-refractivity contribution in [2.24, 2.45) is 5.92 Å². The first kappa shape index (κ1) is 18.9. The van der Waals surface area contributed by atoms with Gasteiger partial charge in [-0.15, -0.1) is 11.3 Å². The summed E-state index contributed by atoms with van der Waals surface area (Å²) in [4.78, 5) is 30.0. The lowest BCUT2D eigenvalue weighted by Gasteiger charge is -2.44. The zero-order valence-electron chi connectivity index (χ0n) is 15.9. The lowest BCUT2D eigenvalue weighted by Crippen LogP contribution is -2.49. The van der Waals surface area contributed by atoms with Crippen molar-refractivity contribution in [3.8, 4) is 0 Å². The third kappa shape index (κ3) is 3.92. The van der Waals surface area contributed by atoms with E-state index in [-0.39, 0.29) is 11.8 Å². The molecule has 1 aromatic heterocycles. The van der Waals surface area contributed by atoms with Crippen LogP contribution in [-0.2, 0) is 4.79 Å². The van der Waals surface area contributed by atoms with E-state index in [1.165, 1.54) is 37.0 Å². The molecular weight excluding hydrogens is 360 g/mol. The van der Waals surface area contributed by atoms with Crippen LogP contribution < -0.4 is 0 Å². The summed E-state index contributed by atoms with van der Waals surface area (Å²) in [5, 5.41) is 11.0. The number of rotatable bonds is 3. The minimum absolute atomic E-state index is 0.178. The Kier molecular flexibility index (Phi) is 5.83. The van der Waals surface area contributed by atoms with Crippen LogP contribution in [0.5, 0.6) is 0 Å². The molecule has 0 aromatic carbocycles. The highest BCUT2D eigenvalue weighted by atomic mass is 32.1. The van der Waals surface area contributed by atoms with Crippen molar-refractivity contribution in [3.05, 3.63) is 21.9 Å². The SMILES string of the molecule is O=C(CO)N1CCC(c2cc(C(=O)N3CCCC4CCCCC43)cs2)CC1. The van der Waals surface area contributed by atoms with Gasteiger partial charge in [-0.05, 0) is 56.4 Å². The van der Waals surface area contributed by atoms with Crippen molar-refractivity contribution in [2.75, 3.05) is 26.2 Å². The van der Waals surface area contributed by atoms with Gasteiger partial charge in [-0.25, -0.2) is 0 Å². The molecule has 148 valence electrons. The summed E-state index contributed by atoms with van der Waals surface area (Å²) in [6.45, 7) is 1.90. The second kappa shape index (κ2) is 8.31. The first-order valence-electron chi connectivity index (χ1n) is 10.5. The number of fused-ring (bicyclic) bond motifs is 1. The molecule has 4 rings (SSSR count). The lowest BCUT2D eigenvalue weighted by molar-refractivity contribution is -0.135. The number of carbonyl (C=O) groups excluding carboxylic acids is 2. The maximum atomic E-state index is 13.2. The maximum Gasteiger partial charge on any atom is 0.254 e. The van der Waals surface area contributed by atoms with Crippen LogP contribution in [-0.4, -0.2) is 59.0 Å². The number of amides is 2. The molecule has 2 aliphatic heterocycles. The largest absolute Gasteiger partial charge is 0.387 e. The molecule has 2 amide bonds. The van der Waals surface area contributed by atoms with Crippen LogP contribution in [0.2, 0.25) is 0 Å². The summed E-state index contributed by atoms with van der Waals surface area (Å²) in [5.41, 5.74) is 0.857. The van der Waals surface area contributed by atoms with Crippen LogP contribution >= 0.6 is 11.3 Å². The number of piperidine rings is 2. The van der Waals surface area contributed by atoms with Gasteiger partial charge in [-0.2, -0.15) is 0 Å². The molecular formula is C21H30N2O3S. The van der Waals surface area contributed by atoms with Gasteiger partial charge < -0.3 is 14.9 Å². The van der Waals surface area contributed by atoms with E-state index in [0.29, 0.717) is 31.0 Å². The number of hydrogen-bond acceptors (Lipinski definition) is 4. The molecule has 1 saturated carbocycles. The Labute approximate surface area is 165 Å². The molecule has 27 heavy (non-hydrogen) atoms. The van der Waals surface area contributed by atoms with E-state index in [9.17, 15) is 9.59 Å². The summed E-state index contributed by atoms with van der Waals surface area (Å²) in [6, 6.07) is 2.56. The normalized spacial score (nSPS) is 26.7. The molecule has 1 N–H and O–H groups in total. The number of carbonyl (C=O) groups is 2. The Morgan fingerprint density at radius 1 is 1.04 bits per heavy atom. The molecule has 1 aliphatic carbocycles. The van der Waals surface area contributed by atoms with Crippen LogP contribution in [0.25, 0.3) is 0 Å². The molecule has 6 heteroatoms. The van der Waals surface area contributed by atoms with Gasteiger partial charge in [0.05, 0.1) is 5.56 Å². The fraction of sp³-hybridized carbons (Fsp3) is 0.714. The Bertz CT molecular complexity index is 679. The van der Waals surface area contributed by atoms with E-state index < -0.39 is 6.61 Å². The summed E-state index contributed by atoms with van der Waals surface area (Å²) in [7, 11) is 0. The topological polar surface area (TPSA) is 60.9 Å². The summed E-state index contributed by atoms with van der Waals surface area (Å²) in [5.74, 6) is 1.18. The molecule has 3 heterocycles. The van der Waals surface area contributed by atoms with Crippen molar-refractivity contribution >= 4 is 23.2 Å². The molecule has 0 bridgehead atoms. The van der Waals surface area contributed by atoms with Gasteiger partial charge >= 0.3 is 0 Å². The standard InChI is InChI=1S/C21H30N2O3S/c24-13-20(25)22-10-7-16(8-11-22)19-12-17(14-27-19)21(26)23-9-3-5-15-4-1-2-6-18(15)23/h12,14-16,18,24H,1-11,13H2. The highest BCUT2D eigenvalue weighted by molar-refractivity contribution is 7.10. The predicted molar refractivity (Wildman–Crippen MR) is 106 cm³/mol. The highest BCUT2D eigenvalue weighted by Crippen LogP contribution is 2.37. The smallest absolute Gasteiger partial charge is 0.254 e. The Balaban J connectivity index is 1.40. The van der Waals surface area contributed by atoms with Crippen LogP contribution in [0, 0.1) is 5.92 Å². The van der Waals surface area contributed by atoms with E-state index in [1.54, 1.807) is 16.2 Å². The number of likely N-dealkylation sites (tertiary alicyclic amines) is 2. The van der Waals surface area contributed by atoms with E-state index in [2.05, 4.69) is 11.0 Å². The molecule has 2 saturated heterocycles. The van der Waals surface area contributed by atoms with Gasteiger partial charge in [0.1, 0.15) is 6.61 Å². The minimum atomic E-state index is -0.402. The average Bonchev–Trinajstić information content (AvgIpc) is 3.22. The molecule has 2 unspecified atom stereocenters. The first-order chi connectivity index (χ1) is 13.2. The molecule has 5 nitrogen and oxygen atoms in total. The molecule has 2 atom stereocenters. The van der Waals surface area contributed by atoms with Crippen LogP contribution in [0.1, 0.15) is 72.5 Å². The summed E-state index contributed by atoms with van der Waals surface area (Å²) >= 11 is 1.69. The third-order valence-electron chi connectivity index (χ3n) is 6.76. The number of aliphatic hydroxyl groups excluding tert-OH is 1. The molecule has 0 spiro atoms. The average molecular weight is 391 g/mol. The van der Waals surface area contributed by atoms with Crippen LogP contribution in [0.15, 0.2) is 11.4 Å². The van der Waals surface area contributed by atoms with Gasteiger partial charge in [0.15, 0.2) is 0 Å². The fourth-order valence-corrected chi connectivity index (χ4v) is 6.29. The second-order valence-corrected chi connectivity index (χ2v) is 9.25. The van der Waals surface area contributed by atoms with Crippen LogP contribution in [0.4, 0.5) is 0 Å². The number of aliphatic hydroxyl groups is 1. The Morgan fingerprint density at radius 3 is 2.56 bits per heavy atom. The van der Waals surface area contributed by atoms with E-state index in [4.69, 9.17) is 5.11 Å². The highest BCUT2D eigenvalue weighted by Gasteiger charge is 2.36. The number of hydrogen-bond donors (Lipinski definition) is 1. The second-order valence-electron chi connectivity index (χ2n) is 8.30. The zero-order chi connectivity index (χ0) is 18.8. The minimum Gasteiger partial charge on any atom is -0.387 e. The van der Waals surface area contributed by atoms with E-state index >= 15 is 0 Å². The molecule has 3 aliphatic rings. The Morgan fingerprint density at radius 2 is 1.78 bits per heavy atom. The molecule has 3 fully saturated rings. The predicted octanol–water partition coefficient (Wildman–Crippen LogP) is 3.24. The van der Waals surface area contributed by atoms with Crippen LogP contribution in [0.3, 0.4) is 0 Å². The van der Waals surface area contributed by atoms with Crippen molar-refractivity contribution in [2.45, 2.75) is 63.3 Å². The van der Waals surface area contributed by atoms with E-state index in [0.717, 1.165) is 31.4 Å². The molecule has 1 aromatic rings. The lowest BCUT2D eigenvalue weighted by atomic mass is 9.78. The van der Waals surface area contributed by atoms with Gasteiger partial charge in [-0.3, -0.25) is 9.59 Å². The summed E-state index contributed by atoms with van der Waals surface area (Å²) in [6.07, 6.45) is 9.28. The van der Waals surface area contributed by atoms with Gasteiger partial charge in [0.25, 0.3) is 5.91 Å². The van der Waals surface area contributed by atoms with Crippen molar-refractivity contribution in [1.82, 2.24) is 9.80 Å². The number of nitrogens with zero attached hydrogens (tertiary/aromatic N) is 2. The third-order valence-corrected chi connectivity index (χ3v) is 7.85. The Hall–Kier alpha value is -1.40. The van der Waals surface area contributed by atoms with E-state index in [1.807, 2.05) is 5.38 Å². The van der Waals surface area contributed by atoms with Gasteiger partial charge in [0.2, 0.25) is 5.91 Å². The number of thiophene rings is 1. The van der Waals surface area contributed by atoms with Gasteiger partial charge in [0, 0.05) is 35.9 Å². The zero-order valence-corrected chi connectivity index (χ0v) is 16.8. The van der Waals surface area contributed by atoms with Crippen molar-refractivity contribution in [3.63, 3.8) is 0 Å². The fourth-order valence-electron chi connectivity index (χ4n) is 5.24. The molecule has 0 radical (unpaired) electrons. The summed E-state index contributed by atoms with van der Waals surface area (Å²) < 4.78 is 0. The first-order valence-corrected chi connectivity index (χ1v) is 11.3.